The molecule has 3 heteroatoms. The van der Waals surface area contributed by atoms with E-state index in [9.17, 15) is 10.1 Å². The molecule has 0 aromatic heterocycles. The molecule has 3 nitrogen and oxygen atoms in total. The maximum Gasteiger partial charge on any atom is 0.323 e. The van der Waals surface area contributed by atoms with Crippen LogP contribution in [-0.2, 0) is 9.53 Å². The molecule has 0 aromatic carbocycles. The molecule has 4 rings (SSSR count). The Labute approximate surface area is 108 Å². The minimum absolute atomic E-state index is 0.0459. The summed E-state index contributed by atoms with van der Waals surface area (Å²) < 4.78 is 5.12. The van der Waals surface area contributed by atoms with Crippen LogP contribution < -0.4 is 0 Å². The molecule has 0 N–H and O–H groups in total. The maximum absolute atomic E-state index is 12.0. The molecule has 1 unspecified atom stereocenters. The second-order valence-electron chi connectivity index (χ2n) is 6.59. The van der Waals surface area contributed by atoms with Gasteiger partial charge in [-0.2, -0.15) is 5.26 Å². The van der Waals surface area contributed by atoms with Crippen molar-refractivity contribution in [3.8, 4) is 6.07 Å². The third kappa shape index (κ3) is 1.74. The van der Waals surface area contributed by atoms with E-state index in [1.54, 1.807) is 0 Å². The molecule has 4 fully saturated rings. The molecule has 18 heavy (non-hydrogen) atoms. The third-order valence-corrected chi connectivity index (χ3v) is 5.35. The van der Waals surface area contributed by atoms with Gasteiger partial charge in [-0.15, -0.1) is 0 Å². The lowest BCUT2D eigenvalue weighted by Crippen LogP contribution is -2.51. The van der Waals surface area contributed by atoms with Crippen molar-refractivity contribution in [3.05, 3.63) is 0 Å². The molecular weight excluding hydrogens is 226 g/mol. The summed E-state index contributed by atoms with van der Waals surface area (Å²) >= 11 is 0. The Bertz CT molecular complexity index is 361. The quantitative estimate of drug-likeness (QED) is 0.720. The van der Waals surface area contributed by atoms with E-state index in [2.05, 4.69) is 6.07 Å². The van der Waals surface area contributed by atoms with Gasteiger partial charge in [0.2, 0.25) is 0 Å². The van der Waals surface area contributed by atoms with Crippen LogP contribution in [0, 0.1) is 40.4 Å². The van der Waals surface area contributed by atoms with Crippen molar-refractivity contribution in [1.82, 2.24) is 0 Å². The Balaban J connectivity index is 1.85. The van der Waals surface area contributed by atoms with Crippen molar-refractivity contribution in [2.75, 3.05) is 6.61 Å². The van der Waals surface area contributed by atoms with Gasteiger partial charge >= 0.3 is 5.97 Å². The minimum atomic E-state index is -0.522. The molecular formula is C15H21NO2. The first kappa shape index (κ1) is 12.0. The zero-order valence-corrected chi connectivity index (χ0v) is 11.0. The summed E-state index contributed by atoms with van der Waals surface area (Å²) in [7, 11) is 0. The fourth-order valence-electron chi connectivity index (χ4n) is 5.20. The first-order chi connectivity index (χ1) is 8.66. The van der Waals surface area contributed by atoms with E-state index in [0.29, 0.717) is 6.61 Å². The Morgan fingerprint density at radius 1 is 1.28 bits per heavy atom. The topological polar surface area (TPSA) is 50.1 Å². The van der Waals surface area contributed by atoms with Crippen LogP contribution in [0.3, 0.4) is 0 Å². The van der Waals surface area contributed by atoms with Gasteiger partial charge in [-0.05, 0) is 68.6 Å². The van der Waals surface area contributed by atoms with E-state index in [1.165, 1.54) is 19.3 Å². The van der Waals surface area contributed by atoms with E-state index in [0.717, 1.165) is 37.0 Å². The SMILES string of the molecule is CCOC(=O)C(C#N)C12CC3CC(CC(C3)C1)C2. The van der Waals surface area contributed by atoms with Gasteiger partial charge in [-0.1, -0.05) is 0 Å². The van der Waals surface area contributed by atoms with Crippen molar-refractivity contribution in [3.63, 3.8) is 0 Å². The van der Waals surface area contributed by atoms with E-state index >= 15 is 0 Å². The summed E-state index contributed by atoms with van der Waals surface area (Å²) in [6, 6.07) is 2.27. The summed E-state index contributed by atoms with van der Waals surface area (Å²) in [6.07, 6.45) is 7.24. The lowest BCUT2D eigenvalue weighted by molar-refractivity contribution is -0.158. The summed E-state index contributed by atoms with van der Waals surface area (Å²) in [6.45, 7) is 2.19. The highest BCUT2D eigenvalue weighted by molar-refractivity contribution is 5.76. The number of nitrogens with zero attached hydrogens (tertiary/aromatic N) is 1. The van der Waals surface area contributed by atoms with Gasteiger partial charge in [0, 0.05) is 0 Å². The van der Waals surface area contributed by atoms with Crippen molar-refractivity contribution in [2.45, 2.75) is 45.4 Å². The summed E-state index contributed by atoms with van der Waals surface area (Å²) in [5, 5.41) is 9.43. The van der Waals surface area contributed by atoms with Crippen molar-refractivity contribution >= 4 is 5.97 Å². The number of hydrogen-bond acceptors (Lipinski definition) is 3. The monoisotopic (exact) mass is 247 g/mol. The van der Waals surface area contributed by atoms with Gasteiger partial charge in [0.25, 0.3) is 0 Å². The van der Waals surface area contributed by atoms with Crippen LogP contribution in [0.4, 0.5) is 0 Å². The van der Waals surface area contributed by atoms with Gasteiger partial charge in [0.1, 0.15) is 5.92 Å². The van der Waals surface area contributed by atoms with E-state index in [1.807, 2.05) is 6.92 Å². The largest absolute Gasteiger partial charge is 0.465 e. The smallest absolute Gasteiger partial charge is 0.323 e. The average Bonchev–Trinajstić information content (AvgIpc) is 2.27. The predicted octanol–water partition coefficient (Wildman–Crippen LogP) is 2.91. The van der Waals surface area contributed by atoms with Crippen LogP contribution in [-0.4, -0.2) is 12.6 Å². The maximum atomic E-state index is 12.0. The van der Waals surface area contributed by atoms with Crippen LogP contribution in [0.25, 0.3) is 0 Å². The van der Waals surface area contributed by atoms with Crippen LogP contribution >= 0.6 is 0 Å². The standard InChI is InChI=1S/C15H21NO2/c1-2-18-14(17)13(9-16)15-6-10-3-11(7-15)5-12(4-10)8-15/h10-13H,2-8H2,1H3. The molecule has 0 heterocycles. The van der Waals surface area contributed by atoms with Crippen molar-refractivity contribution < 1.29 is 9.53 Å². The highest BCUT2D eigenvalue weighted by Gasteiger charge is 2.56. The zero-order valence-electron chi connectivity index (χ0n) is 11.0. The number of nitriles is 1. The predicted molar refractivity (Wildman–Crippen MR) is 66.3 cm³/mol. The van der Waals surface area contributed by atoms with Crippen LogP contribution in [0.5, 0.6) is 0 Å². The minimum Gasteiger partial charge on any atom is -0.465 e. The molecule has 4 aliphatic rings. The van der Waals surface area contributed by atoms with Crippen LogP contribution in [0.1, 0.15) is 45.4 Å². The van der Waals surface area contributed by atoms with E-state index in [-0.39, 0.29) is 11.4 Å². The van der Waals surface area contributed by atoms with Crippen LogP contribution in [0.15, 0.2) is 0 Å². The summed E-state index contributed by atoms with van der Waals surface area (Å²) in [5.74, 6) is 1.50. The number of carbonyl (C=O) groups excluding carboxylic acids is 1. The molecule has 1 atom stereocenters. The van der Waals surface area contributed by atoms with Crippen molar-refractivity contribution in [2.24, 2.45) is 29.1 Å². The molecule has 4 aliphatic carbocycles. The number of esters is 1. The summed E-state index contributed by atoms with van der Waals surface area (Å²) in [5.41, 5.74) is -0.0459. The first-order valence-corrected chi connectivity index (χ1v) is 7.23. The second-order valence-corrected chi connectivity index (χ2v) is 6.59. The lowest BCUT2D eigenvalue weighted by atomic mass is 9.46. The molecule has 0 amide bonds. The Hall–Kier alpha value is -1.04. The van der Waals surface area contributed by atoms with Crippen LogP contribution in [0.2, 0.25) is 0 Å². The molecule has 0 radical (unpaired) electrons. The van der Waals surface area contributed by atoms with Crippen molar-refractivity contribution in [1.29, 1.82) is 5.26 Å². The molecule has 0 aromatic rings. The number of carbonyl (C=O) groups is 1. The van der Waals surface area contributed by atoms with Gasteiger partial charge in [0.05, 0.1) is 12.7 Å². The Morgan fingerprint density at radius 3 is 2.17 bits per heavy atom. The van der Waals surface area contributed by atoms with Gasteiger partial charge in [-0.25, -0.2) is 0 Å². The molecule has 0 spiro atoms. The fraction of sp³-hybridized carbons (Fsp3) is 0.867. The highest BCUT2D eigenvalue weighted by atomic mass is 16.5. The fourth-order valence-corrected chi connectivity index (χ4v) is 5.20. The lowest BCUT2D eigenvalue weighted by Gasteiger charge is -2.57. The average molecular weight is 247 g/mol. The van der Waals surface area contributed by atoms with E-state index in [4.69, 9.17) is 4.74 Å². The number of rotatable bonds is 3. The number of ether oxygens (including phenoxy) is 1. The molecule has 0 aliphatic heterocycles. The summed E-state index contributed by atoms with van der Waals surface area (Å²) in [4.78, 5) is 12.0. The van der Waals surface area contributed by atoms with Gasteiger partial charge < -0.3 is 4.74 Å². The number of hydrogen-bond donors (Lipinski definition) is 0. The third-order valence-electron chi connectivity index (χ3n) is 5.35. The first-order valence-electron chi connectivity index (χ1n) is 7.23. The molecule has 4 bridgehead atoms. The second kappa shape index (κ2) is 4.26. The Morgan fingerprint density at radius 2 is 1.78 bits per heavy atom. The van der Waals surface area contributed by atoms with Gasteiger partial charge in [-0.3, -0.25) is 4.79 Å². The van der Waals surface area contributed by atoms with Gasteiger partial charge in [0.15, 0.2) is 0 Å². The highest BCUT2D eigenvalue weighted by Crippen LogP contribution is 2.62. The van der Waals surface area contributed by atoms with E-state index < -0.39 is 5.92 Å². The normalized spacial score (nSPS) is 42.3. The molecule has 4 saturated carbocycles. The molecule has 0 saturated heterocycles. The zero-order chi connectivity index (χ0) is 12.8. The molecule has 98 valence electrons. The Kier molecular flexibility index (Phi) is 2.84.